The second-order valence-electron chi connectivity index (χ2n) is 6.17. The topological polar surface area (TPSA) is 71.5 Å². The first-order valence-electron chi connectivity index (χ1n) is 8.29. The van der Waals surface area contributed by atoms with Gasteiger partial charge in [-0.25, -0.2) is 9.59 Å². The van der Waals surface area contributed by atoms with E-state index < -0.39 is 5.97 Å². The third kappa shape index (κ3) is 4.35. The number of anilines is 1. The van der Waals surface area contributed by atoms with Crippen LogP contribution in [0.3, 0.4) is 0 Å². The maximum atomic E-state index is 12.4. The van der Waals surface area contributed by atoms with Crippen LogP contribution in [0.1, 0.15) is 22.3 Å². The fourth-order valence-electron chi connectivity index (χ4n) is 3.05. The van der Waals surface area contributed by atoms with Gasteiger partial charge in [0.05, 0.1) is 12.7 Å². The van der Waals surface area contributed by atoms with E-state index in [0.717, 1.165) is 25.9 Å². The summed E-state index contributed by atoms with van der Waals surface area (Å²) < 4.78 is 4.66. The molecule has 1 saturated heterocycles. The number of likely N-dealkylation sites (tertiary alicyclic amines) is 1. The largest absolute Gasteiger partial charge is 0.465 e. The van der Waals surface area contributed by atoms with E-state index in [9.17, 15) is 9.59 Å². The van der Waals surface area contributed by atoms with Crippen LogP contribution in [0.15, 0.2) is 48.8 Å². The summed E-state index contributed by atoms with van der Waals surface area (Å²) in [6, 6.07) is 10.6. The lowest BCUT2D eigenvalue weighted by Gasteiger charge is -2.17. The van der Waals surface area contributed by atoms with Crippen LogP contribution in [0.25, 0.3) is 0 Å². The van der Waals surface area contributed by atoms with Crippen molar-refractivity contribution in [3.05, 3.63) is 59.9 Å². The number of ether oxygens (including phenoxy) is 1. The van der Waals surface area contributed by atoms with Crippen LogP contribution in [-0.4, -0.2) is 42.1 Å². The Labute approximate surface area is 146 Å². The van der Waals surface area contributed by atoms with Crippen LogP contribution in [0.4, 0.5) is 10.5 Å². The van der Waals surface area contributed by atoms with Gasteiger partial charge >= 0.3 is 12.0 Å². The van der Waals surface area contributed by atoms with Gasteiger partial charge in [0, 0.05) is 31.2 Å². The summed E-state index contributed by atoms with van der Waals surface area (Å²) in [5.74, 6) is 0.0623. The molecule has 1 unspecified atom stereocenters. The molecule has 2 heterocycles. The van der Waals surface area contributed by atoms with Crippen LogP contribution in [0.5, 0.6) is 0 Å². The Morgan fingerprint density at radius 1 is 1.28 bits per heavy atom. The van der Waals surface area contributed by atoms with Crippen molar-refractivity contribution in [3.8, 4) is 0 Å². The van der Waals surface area contributed by atoms with Crippen molar-refractivity contribution < 1.29 is 14.3 Å². The second-order valence-corrected chi connectivity index (χ2v) is 6.17. The molecule has 1 aromatic heterocycles. The summed E-state index contributed by atoms with van der Waals surface area (Å²) in [6.45, 7) is 1.48. The lowest BCUT2D eigenvalue weighted by Crippen LogP contribution is -2.33. The number of hydrogen-bond donors (Lipinski definition) is 1. The number of urea groups is 1. The number of pyridine rings is 1. The van der Waals surface area contributed by atoms with E-state index in [1.807, 2.05) is 17.2 Å². The molecule has 0 radical (unpaired) electrons. The maximum absolute atomic E-state index is 12.4. The minimum Gasteiger partial charge on any atom is -0.465 e. The maximum Gasteiger partial charge on any atom is 0.337 e. The van der Waals surface area contributed by atoms with E-state index in [4.69, 9.17) is 0 Å². The Morgan fingerprint density at radius 3 is 2.76 bits per heavy atom. The van der Waals surface area contributed by atoms with Gasteiger partial charge in [0.15, 0.2) is 0 Å². The molecule has 1 atom stereocenters. The first-order valence-corrected chi connectivity index (χ1v) is 8.29. The molecule has 1 aromatic carbocycles. The zero-order valence-corrected chi connectivity index (χ0v) is 14.1. The lowest BCUT2D eigenvalue weighted by atomic mass is 10.0. The molecule has 130 valence electrons. The summed E-state index contributed by atoms with van der Waals surface area (Å²) in [5.41, 5.74) is 2.32. The Bertz CT molecular complexity index is 731. The van der Waals surface area contributed by atoms with Crippen LogP contribution >= 0.6 is 0 Å². The highest BCUT2D eigenvalue weighted by atomic mass is 16.5. The van der Waals surface area contributed by atoms with Gasteiger partial charge < -0.3 is 15.0 Å². The van der Waals surface area contributed by atoms with Crippen LogP contribution in [0.2, 0.25) is 0 Å². The van der Waals surface area contributed by atoms with Crippen molar-refractivity contribution in [2.75, 3.05) is 25.5 Å². The van der Waals surface area contributed by atoms with Crippen molar-refractivity contribution >= 4 is 17.7 Å². The number of nitrogens with one attached hydrogen (secondary N) is 1. The summed E-state index contributed by atoms with van der Waals surface area (Å²) in [7, 11) is 1.34. The number of amides is 2. The average molecular weight is 339 g/mol. The molecule has 1 N–H and O–H groups in total. The average Bonchev–Trinajstić information content (AvgIpc) is 3.11. The van der Waals surface area contributed by atoms with E-state index in [0.29, 0.717) is 17.2 Å². The highest BCUT2D eigenvalue weighted by Crippen LogP contribution is 2.21. The molecule has 25 heavy (non-hydrogen) atoms. The smallest absolute Gasteiger partial charge is 0.337 e. The summed E-state index contributed by atoms with van der Waals surface area (Å²) in [6.07, 6.45) is 5.57. The molecular weight excluding hydrogens is 318 g/mol. The van der Waals surface area contributed by atoms with Crippen molar-refractivity contribution in [3.63, 3.8) is 0 Å². The molecule has 0 bridgehead atoms. The van der Waals surface area contributed by atoms with Gasteiger partial charge in [0.1, 0.15) is 0 Å². The molecule has 1 fully saturated rings. The third-order valence-electron chi connectivity index (χ3n) is 4.38. The third-order valence-corrected chi connectivity index (χ3v) is 4.38. The number of methoxy groups -OCH3 is 1. The minimum atomic E-state index is -0.393. The van der Waals surface area contributed by atoms with E-state index in [1.165, 1.54) is 12.7 Å². The van der Waals surface area contributed by atoms with Crippen molar-refractivity contribution in [1.29, 1.82) is 0 Å². The number of esters is 1. The SMILES string of the molecule is COC(=O)c1ccc(NC(=O)N2CCC(Cc3cccnc3)C2)cc1. The number of benzene rings is 1. The Kier molecular flexibility index (Phi) is 5.28. The molecule has 2 aromatic rings. The predicted molar refractivity (Wildman–Crippen MR) is 94.4 cm³/mol. The molecule has 3 rings (SSSR count). The molecule has 6 nitrogen and oxygen atoms in total. The number of rotatable bonds is 4. The van der Waals surface area contributed by atoms with E-state index >= 15 is 0 Å². The molecule has 0 spiro atoms. The van der Waals surface area contributed by atoms with Gasteiger partial charge in [-0.1, -0.05) is 6.07 Å². The van der Waals surface area contributed by atoms with E-state index in [-0.39, 0.29) is 6.03 Å². The molecule has 2 amide bonds. The van der Waals surface area contributed by atoms with Gasteiger partial charge in [0.25, 0.3) is 0 Å². The fourth-order valence-corrected chi connectivity index (χ4v) is 3.05. The Morgan fingerprint density at radius 2 is 2.08 bits per heavy atom. The van der Waals surface area contributed by atoms with E-state index in [1.54, 1.807) is 30.5 Å². The van der Waals surface area contributed by atoms with Gasteiger partial charge in [-0.3, -0.25) is 4.98 Å². The number of hydrogen-bond acceptors (Lipinski definition) is 4. The highest BCUT2D eigenvalue weighted by Gasteiger charge is 2.26. The number of carbonyl (C=O) groups is 2. The normalized spacial score (nSPS) is 16.5. The van der Waals surface area contributed by atoms with Crippen molar-refractivity contribution in [1.82, 2.24) is 9.88 Å². The number of nitrogens with zero attached hydrogens (tertiary/aromatic N) is 2. The first kappa shape index (κ1) is 17.0. The zero-order valence-electron chi connectivity index (χ0n) is 14.1. The summed E-state index contributed by atoms with van der Waals surface area (Å²) in [4.78, 5) is 29.8. The predicted octanol–water partition coefficient (Wildman–Crippen LogP) is 2.96. The quantitative estimate of drug-likeness (QED) is 0.869. The lowest BCUT2D eigenvalue weighted by molar-refractivity contribution is 0.0601. The standard InChI is InChI=1S/C19H21N3O3/c1-25-18(23)16-4-6-17(7-5-16)21-19(24)22-10-8-15(13-22)11-14-3-2-9-20-12-14/h2-7,9,12,15H,8,10-11,13H2,1H3,(H,21,24). The Balaban J connectivity index is 1.53. The molecule has 0 saturated carbocycles. The number of aromatic nitrogens is 1. The van der Waals surface area contributed by atoms with Gasteiger partial charge in [-0.2, -0.15) is 0 Å². The molecule has 6 heteroatoms. The van der Waals surface area contributed by atoms with Gasteiger partial charge in [0.2, 0.25) is 0 Å². The summed E-state index contributed by atoms with van der Waals surface area (Å²) in [5, 5.41) is 2.87. The first-order chi connectivity index (χ1) is 12.2. The minimum absolute atomic E-state index is 0.112. The van der Waals surface area contributed by atoms with Gasteiger partial charge in [-0.05, 0) is 54.7 Å². The monoisotopic (exact) mass is 339 g/mol. The van der Waals surface area contributed by atoms with Crippen LogP contribution in [0, 0.1) is 5.92 Å². The second kappa shape index (κ2) is 7.79. The van der Waals surface area contributed by atoms with E-state index in [2.05, 4.69) is 21.1 Å². The van der Waals surface area contributed by atoms with Crippen LogP contribution in [-0.2, 0) is 11.2 Å². The van der Waals surface area contributed by atoms with Crippen molar-refractivity contribution in [2.45, 2.75) is 12.8 Å². The summed E-state index contributed by atoms with van der Waals surface area (Å²) >= 11 is 0. The zero-order chi connectivity index (χ0) is 17.6. The molecule has 1 aliphatic heterocycles. The van der Waals surface area contributed by atoms with Crippen LogP contribution < -0.4 is 5.32 Å². The van der Waals surface area contributed by atoms with Gasteiger partial charge in [-0.15, -0.1) is 0 Å². The molecule has 0 aliphatic carbocycles. The Hall–Kier alpha value is -2.89. The number of carbonyl (C=O) groups excluding carboxylic acids is 2. The molecule has 1 aliphatic rings. The van der Waals surface area contributed by atoms with Crippen molar-refractivity contribution in [2.24, 2.45) is 5.92 Å². The highest BCUT2D eigenvalue weighted by molar-refractivity contribution is 5.92. The fraction of sp³-hybridized carbons (Fsp3) is 0.316. The molecular formula is C19H21N3O3.